The van der Waals surface area contributed by atoms with Crippen molar-refractivity contribution in [3.63, 3.8) is 0 Å². The van der Waals surface area contributed by atoms with Gasteiger partial charge in [-0.3, -0.25) is 4.79 Å². The molecule has 0 spiro atoms. The summed E-state index contributed by atoms with van der Waals surface area (Å²) in [6.07, 6.45) is 0. The lowest BCUT2D eigenvalue weighted by molar-refractivity contribution is -0.110. The van der Waals surface area contributed by atoms with Crippen LogP contribution in [0.25, 0.3) is 0 Å². The van der Waals surface area contributed by atoms with Crippen molar-refractivity contribution < 1.29 is 17.9 Å². The summed E-state index contributed by atoms with van der Waals surface area (Å²) in [6, 6.07) is 4.77. The van der Waals surface area contributed by atoms with E-state index in [1.54, 1.807) is 12.1 Å². The van der Waals surface area contributed by atoms with Gasteiger partial charge >= 0.3 is 0 Å². The first-order chi connectivity index (χ1) is 7.07. The van der Waals surface area contributed by atoms with Gasteiger partial charge in [0.25, 0.3) is 5.12 Å². The van der Waals surface area contributed by atoms with E-state index in [9.17, 15) is 13.2 Å². The summed E-state index contributed by atoms with van der Waals surface area (Å²) in [6.45, 7) is -0.192. The van der Waals surface area contributed by atoms with Gasteiger partial charge in [-0.15, -0.1) is 0 Å². The number of rotatable bonds is 1. The number of methoxy groups -OCH3 is 1. The van der Waals surface area contributed by atoms with E-state index in [1.165, 1.54) is 13.2 Å². The van der Waals surface area contributed by atoms with Crippen LogP contribution in [0.1, 0.15) is 0 Å². The Morgan fingerprint density at radius 1 is 1.40 bits per heavy atom. The largest absolute Gasteiger partial charge is 0.495 e. The smallest absolute Gasteiger partial charge is 0.270 e. The SMILES string of the molecule is COc1cccc2c1S(=O)(=O)C(=O)CN2. The van der Waals surface area contributed by atoms with Crippen LogP contribution in [0.15, 0.2) is 23.1 Å². The minimum Gasteiger partial charge on any atom is -0.495 e. The molecule has 0 bridgehead atoms. The number of nitrogens with one attached hydrogen (secondary N) is 1. The summed E-state index contributed by atoms with van der Waals surface area (Å²) in [7, 11) is -2.52. The summed E-state index contributed by atoms with van der Waals surface area (Å²) in [4.78, 5) is 11.2. The van der Waals surface area contributed by atoms with Crippen LogP contribution in [0, 0.1) is 0 Å². The number of anilines is 1. The van der Waals surface area contributed by atoms with Gasteiger partial charge in [-0.05, 0) is 12.1 Å². The molecule has 0 unspecified atom stereocenters. The molecule has 5 nitrogen and oxygen atoms in total. The molecule has 0 amide bonds. The number of hydrogen-bond acceptors (Lipinski definition) is 5. The topological polar surface area (TPSA) is 72.5 Å². The number of fused-ring (bicyclic) bond motifs is 1. The molecule has 1 aliphatic rings. The highest BCUT2D eigenvalue weighted by atomic mass is 32.2. The molecule has 1 aliphatic heterocycles. The summed E-state index contributed by atoms with van der Waals surface area (Å²) in [5.74, 6) is 0.188. The third-order valence-electron chi connectivity index (χ3n) is 2.19. The standard InChI is InChI=1S/C9H9NO4S/c1-14-7-4-2-3-6-9(7)15(12,13)8(11)5-10-6/h2-4,10H,5H2,1H3. The van der Waals surface area contributed by atoms with Gasteiger partial charge in [-0.25, -0.2) is 8.42 Å². The highest BCUT2D eigenvalue weighted by Crippen LogP contribution is 2.34. The number of benzene rings is 1. The molecule has 0 saturated carbocycles. The first-order valence-electron chi connectivity index (χ1n) is 4.26. The molecule has 0 radical (unpaired) electrons. The molecule has 1 aromatic rings. The Hall–Kier alpha value is -1.56. The van der Waals surface area contributed by atoms with E-state index in [4.69, 9.17) is 4.74 Å². The van der Waals surface area contributed by atoms with Crippen molar-refractivity contribution in [2.45, 2.75) is 4.90 Å². The molecule has 80 valence electrons. The van der Waals surface area contributed by atoms with Crippen molar-refractivity contribution >= 4 is 20.6 Å². The average molecular weight is 227 g/mol. The zero-order valence-corrected chi connectivity index (χ0v) is 8.80. The Kier molecular flexibility index (Phi) is 2.15. The zero-order chi connectivity index (χ0) is 11.1. The van der Waals surface area contributed by atoms with E-state index in [0.717, 1.165) is 0 Å². The van der Waals surface area contributed by atoms with Crippen molar-refractivity contribution in [3.8, 4) is 5.75 Å². The maximum absolute atomic E-state index is 11.7. The molecule has 0 aliphatic carbocycles. The van der Waals surface area contributed by atoms with Crippen LogP contribution in [0.3, 0.4) is 0 Å². The molecule has 1 heterocycles. The van der Waals surface area contributed by atoms with Gasteiger partial charge < -0.3 is 10.1 Å². The van der Waals surface area contributed by atoms with E-state index in [-0.39, 0.29) is 17.2 Å². The van der Waals surface area contributed by atoms with Crippen LogP contribution in [0.5, 0.6) is 5.75 Å². The quantitative estimate of drug-likeness (QED) is 0.752. The third kappa shape index (κ3) is 1.37. The van der Waals surface area contributed by atoms with Crippen molar-refractivity contribution in [2.24, 2.45) is 0 Å². The zero-order valence-electron chi connectivity index (χ0n) is 7.98. The molecule has 0 fully saturated rings. The van der Waals surface area contributed by atoms with Gasteiger partial charge in [0.15, 0.2) is 0 Å². The van der Waals surface area contributed by atoms with E-state index in [1.807, 2.05) is 0 Å². The van der Waals surface area contributed by atoms with Crippen LogP contribution < -0.4 is 10.1 Å². The van der Waals surface area contributed by atoms with Crippen molar-refractivity contribution in [3.05, 3.63) is 18.2 Å². The fraction of sp³-hybridized carbons (Fsp3) is 0.222. The van der Waals surface area contributed by atoms with Crippen molar-refractivity contribution in [1.82, 2.24) is 0 Å². The minimum absolute atomic E-state index is 0.0660. The molecule has 6 heteroatoms. The van der Waals surface area contributed by atoms with Crippen LogP contribution in [0.4, 0.5) is 5.69 Å². The number of carbonyl (C=O) groups excluding carboxylic acids is 1. The highest BCUT2D eigenvalue weighted by Gasteiger charge is 2.34. The summed E-state index contributed by atoms with van der Waals surface area (Å²) in [5.41, 5.74) is 0.411. The fourth-order valence-corrected chi connectivity index (χ4v) is 2.81. The first-order valence-corrected chi connectivity index (χ1v) is 5.74. The summed E-state index contributed by atoms with van der Waals surface area (Å²) in [5, 5.41) is 1.90. The maximum Gasteiger partial charge on any atom is 0.270 e. The Balaban J connectivity index is 2.77. The maximum atomic E-state index is 11.7. The number of ether oxygens (including phenoxy) is 1. The van der Waals surface area contributed by atoms with E-state index in [0.29, 0.717) is 5.69 Å². The van der Waals surface area contributed by atoms with Crippen molar-refractivity contribution in [2.75, 3.05) is 19.0 Å². The molecule has 1 N–H and O–H groups in total. The van der Waals surface area contributed by atoms with Gasteiger partial charge in [0.2, 0.25) is 9.84 Å². The van der Waals surface area contributed by atoms with Crippen LogP contribution in [-0.2, 0) is 14.6 Å². The second kappa shape index (κ2) is 3.23. The molecule has 0 aromatic heterocycles. The lowest BCUT2D eigenvalue weighted by atomic mass is 10.3. The molecular formula is C9H9NO4S. The van der Waals surface area contributed by atoms with Crippen molar-refractivity contribution in [1.29, 1.82) is 0 Å². The highest BCUT2D eigenvalue weighted by molar-refractivity contribution is 8.06. The molecular weight excluding hydrogens is 218 g/mol. The summed E-state index contributed by atoms with van der Waals surface area (Å²) >= 11 is 0. The minimum atomic E-state index is -3.89. The normalized spacial score (nSPS) is 17.8. The van der Waals surface area contributed by atoms with E-state index < -0.39 is 15.0 Å². The van der Waals surface area contributed by atoms with Crippen LogP contribution in [0.2, 0.25) is 0 Å². The number of sulfone groups is 1. The second-order valence-electron chi connectivity index (χ2n) is 3.07. The molecule has 15 heavy (non-hydrogen) atoms. The van der Waals surface area contributed by atoms with Gasteiger partial charge in [0.1, 0.15) is 10.6 Å². The average Bonchev–Trinajstić information content (AvgIpc) is 2.23. The molecule has 0 atom stereocenters. The fourth-order valence-electron chi connectivity index (χ4n) is 1.47. The number of carbonyl (C=O) groups is 1. The monoisotopic (exact) mass is 227 g/mol. The Labute approximate surface area is 87.0 Å². The Morgan fingerprint density at radius 2 is 2.13 bits per heavy atom. The van der Waals surface area contributed by atoms with Gasteiger partial charge in [-0.2, -0.15) is 0 Å². The van der Waals surface area contributed by atoms with Gasteiger partial charge in [0.05, 0.1) is 19.3 Å². The lowest BCUT2D eigenvalue weighted by Gasteiger charge is -2.18. The molecule has 1 aromatic carbocycles. The van der Waals surface area contributed by atoms with Crippen LogP contribution >= 0.6 is 0 Å². The molecule has 2 rings (SSSR count). The Bertz CT molecular complexity index is 507. The lowest BCUT2D eigenvalue weighted by Crippen LogP contribution is -2.29. The van der Waals surface area contributed by atoms with Gasteiger partial charge in [-0.1, -0.05) is 6.07 Å². The predicted octanol–water partition coefficient (Wildman–Crippen LogP) is 0.421. The summed E-state index contributed by atoms with van der Waals surface area (Å²) < 4.78 is 28.4. The second-order valence-corrected chi connectivity index (χ2v) is 4.94. The van der Waals surface area contributed by atoms with Gasteiger partial charge in [0, 0.05) is 0 Å². The van der Waals surface area contributed by atoms with Crippen LogP contribution in [-0.4, -0.2) is 27.2 Å². The van der Waals surface area contributed by atoms with E-state index in [2.05, 4.69) is 5.32 Å². The first kappa shape index (κ1) is 9.97. The number of hydrogen-bond donors (Lipinski definition) is 1. The predicted molar refractivity (Wildman–Crippen MR) is 53.7 cm³/mol. The molecule has 0 saturated heterocycles. The Morgan fingerprint density at radius 3 is 2.80 bits per heavy atom. The van der Waals surface area contributed by atoms with E-state index >= 15 is 0 Å². The third-order valence-corrected chi connectivity index (χ3v) is 3.89.